The lowest BCUT2D eigenvalue weighted by Gasteiger charge is -2.32. The molecule has 0 atom stereocenters. The molecule has 0 aromatic heterocycles. The van der Waals surface area contributed by atoms with E-state index in [0.717, 1.165) is 15.5 Å². The molecule has 0 saturated carbocycles. The van der Waals surface area contributed by atoms with Crippen LogP contribution in [0.25, 0.3) is 0 Å². The zero-order valence-corrected chi connectivity index (χ0v) is 13.0. The molecule has 2 rings (SSSR count). The third-order valence-corrected chi connectivity index (χ3v) is 4.54. The van der Waals surface area contributed by atoms with E-state index in [0.29, 0.717) is 5.56 Å². The lowest BCUT2D eigenvalue weighted by atomic mass is 9.84. The third kappa shape index (κ3) is 1.85. The fraction of sp³-hybridized carbons (Fsp3) is 0.533. The van der Waals surface area contributed by atoms with Gasteiger partial charge in [-0.25, -0.2) is 0 Å². The van der Waals surface area contributed by atoms with Crippen molar-refractivity contribution in [1.82, 2.24) is 5.06 Å². The minimum Gasteiger partial charge on any atom is -0.714 e. The Morgan fingerprint density at radius 1 is 1.10 bits per heavy atom. The molecule has 0 bridgehead atoms. The molecule has 20 heavy (non-hydrogen) atoms. The van der Waals surface area contributed by atoms with Gasteiger partial charge < -0.3 is 10.1 Å². The minimum atomic E-state index is -0.774. The van der Waals surface area contributed by atoms with Crippen LogP contribution in [0.5, 0.6) is 0 Å². The van der Waals surface area contributed by atoms with E-state index in [4.69, 9.17) is 0 Å². The van der Waals surface area contributed by atoms with Gasteiger partial charge in [-0.1, -0.05) is 5.06 Å². The van der Waals surface area contributed by atoms with Gasteiger partial charge in [0.1, 0.15) is 5.54 Å². The zero-order valence-electron chi connectivity index (χ0n) is 13.0. The fourth-order valence-corrected chi connectivity index (χ4v) is 2.25. The van der Waals surface area contributed by atoms with Crippen LogP contribution in [-0.2, 0) is 5.21 Å². The van der Waals surface area contributed by atoms with Gasteiger partial charge >= 0.3 is 5.84 Å². The molecule has 0 spiro atoms. The first-order chi connectivity index (χ1) is 9.10. The zero-order chi connectivity index (χ0) is 15.3. The molecule has 1 aliphatic rings. The Bertz CT molecular complexity index is 545. The number of amidine groups is 1. The van der Waals surface area contributed by atoms with Crippen molar-refractivity contribution < 1.29 is 9.95 Å². The molecule has 1 aromatic rings. The average molecular weight is 276 g/mol. The number of rotatable bonds is 2. The normalized spacial score (nSPS) is 20.4. The first kappa shape index (κ1) is 14.7. The van der Waals surface area contributed by atoms with Crippen LogP contribution in [0.15, 0.2) is 24.3 Å². The molecular weight excluding hydrogens is 254 g/mol. The largest absolute Gasteiger partial charge is 0.714 e. The Morgan fingerprint density at radius 2 is 1.60 bits per heavy atom. The molecule has 1 radical (unpaired) electrons. The van der Waals surface area contributed by atoms with Crippen molar-refractivity contribution in [1.29, 1.82) is 0 Å². The van der Waals surface area contributed by atoms with Gasteiger partial charge in [0.25, 0.3) is 0 Å². The summed E-state index contributed by atoms with van der Waals surface area (Å²) in [6.45, 7) is 7.19. The fourth-order valence-electron chi connectivity index (χ4n) is 2.25. The van der Waals surface area contributed by atoms with Gasteiger partial charge in [0.2, 0.25) is 0 Å². The standard InChI is InChI=1S/C15H22N3O2/c1-14(2)15(3,4)18(20)13(17(14)19)11-7-9-12(10-8-11)16(5)6/h7-10H,1-6H3. The quantitative estimate of drug-likeness (QED) is 0.615. The number of benzene rings is 1. The van der Waals surface area contributed by atoms with E-state index >= 15 is 0 Å². The number of nitrogens with zero attached hydrogens (tertiary/aromatic N) is 3. The van der Waals surface area contributed by atoms with Crippen molar-refractivity contribution in [2.24, 2.45) is 0 Å². The van der Waals surface area contributed by atoms with Crippen LogP contribution in [0.4, 0.5) is 5.69 Å². The Balaban J connectivity index is 2.49. The van der Waals surface area contributed by atoms with Gasteiger partial charge in [-0.15, -0.1) is 0 Å². The van der Waals surface area contributed by atoms with Crippen molar-refractivity contribution in [2.75, 3.05) is 19.0 Å². The van der Waals surface area contributed by atoms with Gasteiger partial charge in [0.15, 0.2) is 5.54 Å². The van der Waals surface area contributed by atoms with Crippen molar-refractivity contribution in [2.45, 2.75) is 38.8 Å². The molecule has 0 unspecified atom stereocenters. The second kappa shape index (κ2) is 4.38. The molecule has 1 aromatic carbocycles. The van der Waals surface area contributed by atoms with Gasteiger partial charge in [-0.3, -0.25) is 4.74 Å². The second-order valence-corrected chi connectivity index (χ2v) is 6.47. The molecule has 5 heteroatoms. The van der Waals surface area contributed by atoms with E-state index in [1.807, 2.05) is 43.3 Å². The van der Waals surface area contributed by atoms with Crippen molar-refractivity contribution in [3.8, 4) is 0 Å². The third-order valence-electron chi connectivity index (χ3n) is 4.54. The smallest absolute Gasteiger partial charge is 0.316 e. The lowest BCUT2D eigenvalue weighted by molar-refractivity contribution is -0.539. The van der Waals surface area contributed by atoms with Gasteiger partial charge in [-0.05, 0) is 52.0 Å². The summed E-state index contributed by atoms with van der Waals surface area (Å²) in [7, 11) is 3.90. The van der Waals surface area contributed by atoms with Crippen LogP contribution < -0.4 is 4.90 Å². The van der Waals surface area contributed by atoms with E-state index < -0.39 is 11.1 Å². The average Bonchev–Trinajstić information content (AvgIpc) is 2.49. The Morgan fingerprint density at radius 3 is 1.95 bits per heavy atom. The highest BCUT2D eigenvalue weighted by molar-refractivity contribution is 5.96. The maximum atomic E-state index is 12.5. The molecule has 0 aliphatic carbocycles. The van der Waals surface area contributed by atoms with Crippen LogP contribution in [-0.4, -0.2) is 40.8 Å². The Hall–Kier alpha value is -1.75. The van der Waals surface area contributed by atoms with Crippen molar-refractivity contribution in [3.63, 3.8) is 0 Å². The molecule has 109 valence electrons. The summed E-state index contributed by atoms with van der Waals surface area (Å²) in [6, 6.07) is 7.44. The van der Waals surface area contributed by atoms with Crippen LogP contribution in [0, 0.1) is 5.21 Å². The topological polar surface area (TPSA) is 52.4 Å². The Kier molecular flexibility index (Phi) is 3.21. The number of hydrogen-bond acceptors (Lipinski definition) is 3. The maximum absolute atomic E-state index is 12.5. The number of hydrogen-bond donors (Lipinski definition) is 0. The highest BCUT2D eigenvalue weighted by Crippen LogP contribution is 2.37. The highest BCUT2D eigenvalue weighted by Gasteiger charge is 2.59. The molecule has 1 aliphatic heterocycles. The molecule has 0 saturated heterocycles. The molecule has 5 nitrogen and oxygen atoms in total. The van der Waals surface area contributed by atoms with Crippen molar-refractivity contribution >= 4 is 11.5 Å². The SMILES string of the molecule is CN(C)c1ccc(C2=[N+]([O-])C(C)(C)C(C)(C)N2[O])cc1. The summed E-state index contributed by atoms with van der Waals surface area (Å²) in [4.78, 5) is 1.97. The summed E-state index contributed by atoms with van der Waals surface area (Å²) >= 11 is 0. The van der Waals surface area contributed by atoms with Crippen molar-refractivity contribution in [3.05, 3.63) is 35.0 Å². The monoisotopic (exact) mass is 276 g/mol. The molecule has 0 N–H and O–H groups in total. The van der Waals surface area contributed by atoms with E-state index in [1.165, 1.54) is 0 Å². The van der Waals surface area contributed by atoms with Gasteiger partial charge in [-0.2, -0.15) is 0 Å². The van der Waals surface area contributed by atoms with Gasteiger partial charge in [0, 0.05) is 25.0 Å². The highest BCUT2D eigenvalue weighted by atomic mass is 16.5. The van der Waals surface area contributed by atoms with E-state index in [1.54, 1.807) is 27.7 Å². The molecule has 1 heterocycles. The van der Waals surface area contributed by atoms with Crippen LogP contribution in [0.3, 0.4) is 0 Å². The van der Waals surface area contributed by atoms with Crippen LogP contribution >= 0.6 is 0 Å². The minimum absolute atomic E-state index is 0.185. The summed E-state index contributed by atoms with van der Waals surface area (Å²) in [6.07, 6.45) is 0. The summed E-state index contributed by atoms with van der Waals surface area (Å²) in [5.74, 6) is 0.185. The molecular formula is C15H22N3O2. The second-order valence-electron chi connectivity index (χ2n) is 6.47. The number of anilines is 1. The van der Waals surface area contributed by atoms with Crippen LogP contribution in [0.2, 0.25) is 0 Å². The summed E-state index contributed by atoms with van der Waals surface area (Å²) in [5, 5.41) is 25.8. The van der Waals surface area contributed by atoms with Gasteiger partial charge in [0.05, 0.1) is 5.56 Å². The summed E-state index contributed by atoms with van der Waals surface area (Å²) in [5.41, 5.74) is 0.134. The lowest BCUT2D eigenvalue weighted by Crippen LogP contribution is -2.53. The first-order valence-electron chi connectivity index (χ1n) is 6.70. The maximum Gasteiger partial charge on any atom is 0.316 e. The molecule has 0 fully saturated rings. The van der Waals surface area contributed by atoms with E-state index in [9.17, 15) is 10.4 Å². The first-order valence-corrected chi connectivity index (χ1v) is 6.70. The number of hydroxylamine groups is 3. The summed E-state index contributed by atoms with van der Waals surface area (Å²) < 4.78 is 0.838. The Labute approximate surface area is 120 Å². The van der Waals surface area contributed by atoms with Crippen LogP contribution in [0.1, 0.15) is 33.3 Å². The van der Waals surface area contributed by atoms with E-state index in [-0.39, 0.29) is 5.84 Å². The predicted octanol–water partition coefficient (Wildman–Crippen LogP) is 2.23. The predicted molar refractivity (Wildman–Crippen MR) is 79.2 cm³/mol. The van der Waals surface area contributed by atoms with E-state index in [2.05, 4.69) is 0 Å². The molecule has 0 amide bonds.